The van der Waals surface area contributed by atoms with Gasteiger partial charge < -0.3 is 10.1 Å². The molecule has 1 aliphatic rings. The molecule has 0 saturated heterocycles. The summed E-state index contributed by atoms with van der Waals surface area (Å²) in [7, 11) is 0. The van der Waals surface area contributed by atoms with E-state index in [1.165, 1.54) is 6.07 Å². The first-order chi connectivity index (χ1) is 12.8. The van der Waals surface area contributed by atoms with E-state index in [4.69, 9.17) is 9.84 Å². The number of fused-ring (bicyclic) bond motifs is 1. The zero-order chi connectivity index (χ0) is 17.9. The van der Waals surface area contributed by atoms with Gasteiger partial charge in [-0.2, -0.15) is 5.10 Å². The third-order valence-corrected chi connectivity index (χ3v) is 4.62. The van der Waals surface area contributed by atoms with E-state index >= 15 is 0 Å². The third-order valence-electron chi connectivity index (χ3n) is 4.62. The van der Waals surface area contributed by atoms with Gasteiger partial charge in [0, 0.05) is 17.7 Å². The van der Waals surface area contributed by atoms with Crippen molar-refractivity contribution in [3.63, 3.8) is 0 Å². The summed E-state index contributed by atoms with van der Waals surface area (Å²) in [6.07, 6.45) is 3.11. The molecule has 2 aromatic carbocycles. The minimum absolute atomic E-state index is 0.248. The Morgan fingerprint density at radius 2 is 2.04 bits per heavy atom. The van der Waals surface area contributed by atoms with Crippen LogP contribution >= 0.6 is 0 Å². The number of ether oxygens (including phenoxy) is 1. The highest BCUT2D eigenvalue weighted by atomic mass is 19.1. The molecule has 3 aromatic rings. The van der Waals surface area contributed by atoms with Crippen LogP contribution in [0.2, 0.25) is 0 Å². The van der Waals surface area contributed by atoms with Crippen LogP contribution in [-0.2, 0) is 6.42 Å². The van der Waals surface area contributed by atoms with Crippen LogP contribution in [0, 0.1) is 5.82 Å². The minimum atomic E-state index is -0.248. The Labute approximate surface area is 152 Å². The summed E-state index contributed by atoms with van der Waals surface area (Å²) in [6.45, 7) is 3.46. The van der Waals surface area contributed by atoms with Crippen molar-refractivity contribution >= 4 is 5.82 Å². The fourth-order valence-electron chi connectivity index (χ4n) is 3.45. The standard InChI is InChI=1S/C21H22FN3O/c1-2-26-19-12-4-3-11-18(19)25-21-17(10-5-6-13-23-21)20(24-25)15-8-7-9-16(22)14-15/h3-4,7-9,11-12,14,23H,2,5-6,10,13H2,1H3. The van der Waals surface area contributed by atoms with Crippen molar-refractivity contribution in [1.29, 1.82) is 0 Å². The molecule has 0 amide bonds. The normalized spacial score (nSPS) is 13.6. The van der Waals surface area contributed by atoms with Crippen molar-refractivity contribution in [2.75, 3.05) is 18.5 Å². The Kier molecular flexibility index (Phi) is 4.61. The predicted octanol–water partition coefficient (Wildman–Crippen LogP) is 4.83. The minimum Gasteiger partial charge on any atom is -0.492 e. The van der Waals surface area contributed by atoms with Crippen LogP contribution in [0.4, 0.5) is 10.2 Å². The summed E-state index contributed by atoms with van der Waals surface area (Å²) < 4.78 is 21.5. The average Bonchev–Trinajstić information content (AvgIpc) is 2.84. The molecular formula is C21H22FN3O. The molecule has 4 rings (SSSR count). The summed E-state index contributed by atoms with van der Waals surface area (Å²) in [5.41, 5.74) is 3.67. The van der Waals surface area contributed by atoms with E-state index < -0.39 is 0 Å². The summed E-state index contributed by atoms with van der Waals surface area (Å²) in [6, 6.07) is 14.5. The van der Waals surface area contributed by atoms with Crippen molar-refractivity contribution in [2.45, 2.75) is 26.2 Å². The Morgan fingerprint density at radius 3 is 2.88 bits per heavy atom. The van der Waals surface area contributed by atoms with Crippen molar-refractivity contribution in [2.24, 2.45) is 0 Å². The number of nitrogens with one attached hydrogen (secondary N) is 1. The zero-order valence-corrected chi connectivity index (χ0v) is 14.8. The van der Waals surface area contributed by atoms with Crippen molar-refractivity contribution in [1.82, 2.24) is 9.78 Å². The van der Waals surface area contributed by atoms with Gasteiger partial charge in [-0.25, -0.2) is 9.07 Å². The Bertz CT molecular complexity index is 919. The number of halogens is 1. The van der Waals surface area contributed by atoms with Crippen LogP contribution in [0.3, 0.4) is 0 Å². The van der Waals surface area contributed by atoms with Crippen LogP contribution in [-0.4, -0.2) is 22.9 Å². The maximum Gasteiger partial charge on any atom is 0.145 e. The second-order valence-corrected chi connectivity index (χ2v) is 6.38. The summed E-state index contributed by atoms with van der Waals surface area (Å²) in [5.74, 6) is 1.52. The van der Waals surface area contributed by atoms with Gasteiger partial charge in [0.15, 0.2) is 0 Å². The van der Waals surface area contributed by atoms with Gasteiger partial charge in [0.25, 0.3) is 0 Å². The number of aromatic nitrogens is 2. The average molecular weight is 351 g/mol. The number of hydrogen-bond acceptors (Lipinski definition) is 3. The molecule has 0 aliphatic carbocycles. The zero-order valence-electron chi connectivity index (χ0n) is 14.8. The maximum atomic E-state index is 13.8. The molecular weight excluding hydrogens is 329 g/mol. The first kappa shape index (κ1) is 16.6. The van der Waals surface area contributed by atoms with E-state index in [0.717, 1.165) is 59.9 Å². The number of para-hydroxylation sites is 2. The predicted molar refractivity (Wildman–Crippen MR) is 102 cm³/mol. The molecule has 0 radical (unpaired) electrons. The molecule has 0 unspecified atom stereocenters. The van der Waals surface area contributed by atoms with Gasteiger partial charge in [0.2, 0.25) is 0 Å². The van der Waals surface area contributed by atoms with Gasteiger partial charge in [-0.3, -0.25) is 0 Å². The van der Waals surface area contributed by atoms with Crippen LogP contribution in [0.15, 0.2) is 48.5 Å². The first-order valence-corrected chi connectivity index (χ1v) is 9.12. The second kappa shape index (κ2) is 7.20. The SMILES string of the molecule is CCOc1ccccc1-n1nc(-c2cccc(F)c2)c2c1NCCCC2. The van der Waals surface area contributed by atoms with E-state index in [0.29, 0.717) is 6.61 Å². The highest BCUT2D eigenvalue weighted by Gasteiger charge is 2.23. The quantitative estimate of drug-likeness (QED) is 0.732. The molecule has 0 saturated carbocycles. The lowest BCUT2D eigenvalue weighted by molar-refractivity contribution is 0.338. The molecule has 0 spiro atoms. The van der Waals surface area contributed by atoms with Gasteiger partial charge in [-0.05, 0) is 50.5 Å². The smallest absolute Gasteiger partial charge is 0.145 e. The Hall–Kier alpha value is -2.82. The van der Waals surface area contributed by atoms with Crippen molar-refractivity contribution in [3.8, 4) is 22.7 Å². The van der Waals surface area contributed by atoms with Gasteiger partial charge in [-0.1, -0.05) is 24.3 Å². The molecule has 26 heavy (non-hydrogen) atoms. The molecule has 2 heterocycles. The number of nitrogens with zero attached hydrogens (tertiary/aromatic N) is 2. The van der Waals surface area contributed by atoms with Gasteiger partial charge in [0.05, 0.1) is 12.3 Å². The van der Waals surface area contributed by atoms with Crippen LogP contribution in [0.5, 0.6) is 5.75 Å². The van der Waals surface area contributed by atoms with Crippen LogP contribution in [0.25, 0.3) is 16.9 Å². The molecule has 5 heteroatoms. The maximum absolute atomic E-state index is 13.8. The van der Waals surface area contributed by atoms with E-state index in [9.17, 15) is 4.39 Å². The van der Waals surface area contributed by atoms with Gasteiger partial charge >= 0.3 is 0 Å². The second-order valence-electron chi connectivity index (χ2n) is 6.38. The fourth-order valence-corrected chi connectivity index (χ4v) is 3.45. The molecule has 1 aliphatic heterocycles. The first-order valence-electron chi connectivity index (χ1n) is 9.12. The number of benzene rings is 2. The summed E-state index contributed by atoms with van der Waals surface area (Å²) in [4.78, 5) is 0. The van der Waals surface area contributed by atoms with Crippen molar-refractivity contribution in [3.05, 3.63) is 59.9 Å². The van der Waals surface area contributed by atoms with Gasteiger partial charge in [-0.15, -0.1) is 0 Å². The number of anilines is 1. The van der Waals surface area contributed by atoms with Crippen LogP contribution in [0.1, 0.15) is 25.3 Å². The molecule has 4 nitrogen and oxygen atoms in total. The van der Waals surface area contributed by atoms with E-state index in [-0.39, 0.29) is 5.82 Å². The Morgan fingerprint density at radius 1 is 1.15 bits per heavy atom. The monoisotopic (exact) mass is 351 g/mol. The van der Waals surface area contributed by atoms with E-state index in [1.54, 1.807) is 12.1 Å². The Balaban J connectivity index is 1.91. The highest BCUT2D eigenvalue weighted by Crippen LogP contribution is 2.36. The summed E-state index contributed by atoms with van der Waals surface area (Å²) >= 11 is 0. The highest BCUT2D eigenvalue weighted by molar-refractivity contribution is 5.72. The molecule has 1 aromatic heterocycles. The van der Waals surface area contributed by atoms with Gasteiger partial charge in [0.1, 0.15) is 23.1 Å². The van der Waals surface area contributed by atoms with E-state index in [2.05, 4.69) is 5.32 Å². The third kappa shape index (κ3) is 3.05. The lowest BCUT2D eigenvalue weighted by Gasteiger charge is -2.13. The molecule has 0 bridgehead atoms. The lowest BCUT2D eigenvalue weighted by atomic mass is 10.0. The number of hydrogen-bond donors (Lipinski definition) is 1. The van der Waals surface area contributed by atoms with Crippen molar-refractivity contribution < 1.29 is 9.13 Å². The van der Waals surface area contributed by atoms with Crippen LogP contribution < -0.4 is 10.1 Å². The fraction of sp³-hybridized carbons (Fsp3) is 0.286. The number of rotatable bonds is 4. The molecule has 0 atom stereocenters. The molecule has 0 fully saturated rings. The molecule has 134 valence electrons. The largest absolute Gasteiger partial charge is 0.492 e. The molecule has 1 N–H and O–H groups in total. The van der Waals surface area contributed by atoms with E-state index in [1.807, 2.05) is 41.9 Å². The topological polar surface area (TPSA) is 39.1 Å². The summed E-state index contributed by atoms with van der Waals surface area (Å²) in [5, 5.41) is 8.38. The lowest BCUT2D eigenvalue weighted by Crippen LogP contribution is -2.08.